The molecular formula is C16H26N2O2. The fourth-order valence-corrected chi connectivity index (χ4v) is 2.78. The quantitative estimate of drug-likeness (QED) is 0.837. The zero-order valence-electron chi connectivity index (χ0n) is 12.5. The maximum atomic E-state index is 9.98. The van der Waals surface area contributed by atoms with Crippen molar-refractivity contribution in [2.75, 3.05) is 32.8 Å². The van der Waals surface area contributed by atoms with Gasteiger partial charge in [-0.25, -0.2) is 0 Å². The third-order valence-electron chi connectivity index (χ3n) is 3.84. The van der Waals surface area contributed by atoms with Crippen LogP contribution in [0.5, 0.6) is 5.75 Å². The van der Waals surface area contributed by atoms with Crippen molar-refractivity contribution >= 4 is 0 Å². The number of rotatable bonds is 6. The summed E-state index contributed by atoms with van der Waals surface area (Å²) in [5, 5.41) is 13.6. The van der Waals surface area contributed by atoms with Gasteiger partial charge < -0.3 is 15.2 Å². The van der Waals surface area contributed by atoms with E-state index in [4.69, 9.17) is 4.74 Å². The number of hydrogen-bond donors (Lipinski definition) is 2. The monoisotopic (exact) mass is 278 g/mol. The highest BCUT2D eigenvalue weighted by atomic mass is 16.5. The molecule has 0 bridgehead atoms. The van der Waals surface area contributed by atoms with Gasteiger partial charge in [0.2, 0.25) is 0 Å². The molecule has 1 aliphatic heterocycles. The summed E-state index contributed by atoms with van der Waals surface area (Å²) in [6.07, 6.45) is 0.963. The van der Waals surface area contributed by atoms with Crippen molar-refractivity contribution in [2.24, 2.45) is 0 Å². The Hall–Kier alpha value is -1.10. The van der Waals surface area contributed by atoms with Crippen LogP contribution in [0.3, 0.4) is 0 Å². The first-order chi connectivity index (χ1) is 9.70. The topological polar surface area (TPSA) is 44.7 Å². The number of benzene rings is 1. The van der Waals surface area contributed by atoms with Gasteiger partial charge in [-0.05, 0) is 19.4 Å². The Bertz CT molecular complexity index is 405. The van der Waals surface area contributed by atoms with Crippen molar-refractivity contribution in [3.63, 3.8) is 0 Å². The van der Waals surface area contributed by atoms with Crippen LogP contribution in [-0.2, 0) is 4.74 Å². The average Bonchev–Trinajstić information content (AvgIpc) is 2.46. The lowest BCUT2D eigenvalue weighted by atomic mass is 10.0. The molecule has 1 saturated heterocycles. The van der Waals surface area contributed by atoms with Crippen molar-refractivity contribution in [3.05, 3.63) is 29.8 Å². The molecule has 2 rings (SSSR count). The Morgan fingerprint density at radius 3 is 2.65 bits per heavy atom. The van der Waals surface area contributed by atoms with Crippen LogP contribution in [-0.4, -0.2) is 48.9 Å². The Kier molecular flexibility index (Phi) is 5.83. The number of phenols is 1. The highest BCUT2D eigenvalue weighted by Crippen LogP contribution is 2.26. The van der Waals surface area contributed by atoms with Gasteiger partial charge in [-0.1, -0.05) is 25.1 Å². The van der Waals surface area contributed by atoms with Crippen LogP contribution in [0.4, 0.5) is 0 Å². The van der Waals surface area contributed by atoms with Crippen LogP contribution in [0, 0.1) is 0 Å². The number of aromatic hydroxyl groups is 1. The zero-order chi connectivity index (χ0) is 14.4. The zero-order valence-corrected chi connectivity index (χ0v) is 12.5. The predicted octanol–water partition coefficient (Wildman–Crippen LogP) is 2.15. The Morgan fingerprint density at radius 2 is 2.00 bits per heavy atom. The lowest BCUT2D eigenvalue weighted by Crippen LogP contribution is -2.45. The fourth-order valence-electron chi connectivity index (χ4n) is 2.78. The molecule has 0 aliphatic carbocycles. The Morgan fingerprint density at radius 1 is 1.30 bits per heavy atom. The SMILES string of the molecule is CCC(NC(C)CN1CCOCC1)c1ccccc1O. The van der Waals surface area contributed by atoms with Gasteiger partial charge in [0.25, 0.3) is 0 Å². The normalized spacial score (nSPS) is 19.7. The fraction of sp³-hybridized carbons (Fsp3) is 0.625. The van der Waals surface area contributed by atoms with E-state index >= 15 is 0 Å². The van der Waals surface area contributed by atoms with Gasteiger partial charge in [0, 0.05) is 37.3 Å². The largest absolute Gasteiger partial charge is 0.508 e. The van der Waals surface area contributed by atoms with E-state index in [-0.39, 0.29) is 6.04 Å². The summed E-state index contributed by atoms with van der Waals surface area (Å²) in [7, 11) is 0. The van der Waals surface area contributed by atoms with Crippen LogP contribution in [0.25, 0.3) is 0 Å². The van der Waals surface area contributed by atoms with Gasteiger partial charge in [0.05, 0.1) is 13.2 Å². The van der Waals surface area contributed by atoms with Gasteiger partial charge >= 0.3 is 0 Å². The minimum Gasteiger partial charge on any atom is -0.508 e. The summed E-state index contributed by atoms with van der Waals surface area (Å²) in [4.78, 5) is 2.43. The summed E-state index contributed by atoms with van der Waals surface area (Å²) in [5.74, 6) is 0.380. The van der Waals surface area contributed by atoms with Crippen LogP contribution in [0.15, 0.2) is 24.3 Å². The maximum absolute atomic E-state index is 9.98. The smallest absolute Gasteiger partial charge is 0.120 e. The van der Waals surface area contributed by atoms with E-state index in [1.165, 1.54) is 0 Å². The highest BCUT2D eigenvalue weighted by molar-refractivity contribution is 5.34. The van der Waals surface area contributed by atoms with E-state index in [1.807, 2.05) is 18.2 Å². The number of hydrogen-bond acceptors (Lipinski definition) is 4. The number of nitrogens with zero attached hydrogens (tertiary/aromatic N) is 1. The second kappa shape index (κ2) is 7.62. The second-order valence-electron chi connectivity index (χ2n) is 5.50. The molecule has 0 amide bonds. The maximum Gasteiger partial charge on any atom is 0.120 e. The van der Waals surface area contributed by atoms with E-state index in [2.05, 4.69) is 24.1 Å². The first-order valence-corrected chi connectivity index (χ1v) is 7.54. The molecule has 2 atom stereocenters. The molecule has 1 aromatic carbocycles. The lowest BCUT2D eigenvalue weighted by Gasteiger charge is -2.31. The third-order valence-corrected chi connectivity index (χ3v) is 3.84. The van der Waals surface area contributed by atoms with E-state index in [1.54, 1.807) is 6.07 Å². The molecule has 1 heterocycles. The van der Waals surface area contributed by atoms with Gasteiger partial charge in [0.1, 0.15) is 5.75 Å². The number of morpholine rings is 1. The van der Waals surface area contributed by atoms with Crippen LogP contribution < -0.4 is 5.32 Å². The molecule has 2 unspecified atom stereocenters. The van der Waals surface area contributed by atoms with Crippen molar-refractivity contribution in [2.45, 2.75) is 32.4 Å². The van der Waals surface area contributed by atoms with E-state index in [0.29, 0.717) is 11.8 Å². The molecule has 2 N–H and O–H groups in total. The number of phenolic OH excluding ortho intramolecular Hbond substituents is 1. The van der Waals surface area contributed by atoms with Gasteiger partial charge in [-0.2, -0.15) is 0 Å². The molecule has 0 radical (unpaired) electrons. The molecular weight excluding hydrogens is 252 g/mol. The minimum absolute atomic E-state index is 0.201. The summed E-state index contributed by atoms with van der Waals surface area (Å²) < 4.78 is 5.37. The molecule has 1 aliphatic rings. The van der Waals surface area contributed by atoms with E-state index in [0.717, 1.165) is 44.8 Å². The van der Waals surface area contributed by atoms with Gasteiger partial charge in [-0.15, -0.1) is 0 Å². The van der Waals surface area contributed by atoms with Gasteiger partial charge in [0.15, 0.2) is 0 Å². The molecule has 4 nitrogen and oxygen atoms in total. The number of para-hydroxylation sites is 1. The molecule has 1 fully saturated rings. The molecule has 4 heteroatoms. The summed E-state index contributed by atoms with van der Waals surface area (Å²) in [5.41, 5.74) is 0.990. The van der Waals surface area contributed by atoms with Crippen molar-refractivity contribution in [3.8, 4) is 5.75 Å². The lowest BCUT2D eigenvalue weighted by molar-refractivity contribution is 0.0338. The van der Waals surface area contributed by atoms with Crippen molar-refractivity contribution < 1.29 is 9.84 Å². The Balaban J connectivity index is 1.90. The van der Waals surface area contributed by atoms with E-state index in [9.17, 15) is 5.11 Å². The van der Waals surface area contributed by atoms with Gasteiger partial charge in [-0.3, -0.25) is 4.90 Å². The van der Waals surface area contributed by atoms with Crippen LogP contribution >= 0.6 is 0 Å². The van der Waals surface area contributed by atoms with Crippen molar-refractivity contribution in [1.82, 2.24) is 10.2 Å². The molecule has 1 aromatic rings. The molecule has 0 spiro atoms. The first-order valence-electron chi connectivity index (χ1n) is 7.54. The Labute approximate surface area is 121 Å². The molecule has 0 saturated carbocycles. The molecule has 0 aromatic heterocycles. The average molecular weight is 278 g/mol. The minimum atomic E-state index is 0.201. The molecule has 20 heavy (non-hydrogen) atoms. The third kappa shape index (κ3) is 4.20. The summed E-state index contributed by atoms with van der Waals surface area (Å²) in [6, 6.07) is 8.18. The number of ether oxygens (including phenoxy) is 1. The number of nitrogens with one attached hydrogen (secondary N) is 1. The van der Waals surface area contributed by atoms with E-state index < -0.39 is 0 Å². The highest BCUT2D eigenvalue weighted by Gasteiger charge is 2.18. The first kappa shape index (κ1) is 15.3. The van der Waals surface area contributed by atoms with Crippen molar-refractivity contribution in [1.29, 1.82) is 0 Å². The summed E-state index contributed by atoms with van der Waals surface area (Å²) in [6.45, 7) is 9.07. The predicted molar refractivity (Wildman–Crippen MR) is 81.0 cm³/mol. The summed E-state index contributed by atoms with van der Waals surface area (Å²) >= 11 is 0. The van der Waals surface area contributed by atoms with Crippen LogP contribution in [0.1, 0.15) is 31.9 Å². The van der Waals surface area contributed by atoms with Crippen LogP contribution in [0.2, 0.25) is 0 Å². The standard InChI is InChI=1S/C16H26N2O2/c1-3-15(14-6-4-5-7-16(14)19)17-13(2)12-18-8-10-20-11-9-18/h4-7,13,15,17,19H,3,8-12H2,1-2H3. The molecule has 112 valence electrons. The second-order valence-corrected chi connectivity index (χ2v) is 5.50.